The summed E-state index contributed by atoms with van der Waals surface area (Å²) in [6.07, 6.45) is -10.7. The Morgan fingerprint density at radius 3 is 1.63 bits per heavy atom. The van der Waals surface area contributed by atoms with Crippen LogP contribution in [-0.4, -0.2) is 48.4 Å². The highest BCUT2D eigenvalue weighted by molar-refractivity contribution is 6.23. The van der Waals surface area contributed by atoms with Crippen LogP contribution in [0.25, 0.3) is 32.3 Å². The van der Waals surface area contributed by atoms with Gasteiger partial charge in [-0.3, -0.25) is 4.79 Å². The maximum absolute atomic E-state index is 13.9. The molecule has 0 heterocycles. The van der Waals surface area contributed by atoms with E-state index < -0.39 is 61.2 Å². The van der Waals surface area contributed by atoms with E-state index in [0.717, 1.165) is 26.9 Å². The molecule has 4 aromatic carbocycles. The molecule has 0 aliphatic heterocycles. The van der Waals surface area contributed by atoms with E-state index >= 15 is 0 Å². The summed E-state index contributed by atoms with van der Waals surface area (Å²) in [5.74, 6) is -38.7. The van der Waals surface area contributed by atoms with Gasteiger partial charge in [0.05, 0.1) is 19.4 Å². The van der Waals surface area contributed by atoms with Crippen LogP contribution in [0.1, 0.15) is 12.0 Å². The lowest BCUT2D eigenvalue weighted by molar-refractivity contribution is -0.440. The van der Waals surface area contributed by atoms with Crippen LogP contribution < -0.4 is 0 Å². The predicted octanol–water partition coefficient (Wildman–Crippen LogP) is 8.80. The second-order valence-corrected chi connectivity index (χ2v) is 9.23. The minimum absolute atomic E-state index is 0.290. The Hall–Kier alpha value is -3.52. The van der Waals surface area contributed by atoms with Gasteiger partial charge in [0.25, 0.3) is 0 Å². The van der Waals surface area contributed by atoms with Crippen molar-refractivity contribution in [1.29, 1.82) is 0 Å². The number of halogens is 13. The zero-order chi connectivity index (χ0) is 30.8. The molecule has 0 saturated carbocycles. The Morgan fingerprint density at radius 1 is 0.585 bits per heavy atom. The van der Waals surface area contributed by atoms with Crippen molar-refractivity contribution in [3.05, 3.63) is 60.2 Å². The number of ether oxygens (including phenoxy) is 1. The fourth-order valence-corrected chi connectivity index (χ4v) is 4.41. The van der Waals surface area contributed by atoms with Crippen molar-refractivity contribution in [2.45, 2.75) is 48.6 Å². The molecule has 0 atom stereocenters. The van der Waals surface area contributed by atoms with Gasteiger partial charge in [-0.05, 0) is 37.9 Å². The molecule has 0 unspecified atom stereocenters. The minimum Gasteiger partial charge on any atom is -0.465 e. The second-order valence-electron chi connectivity index (χ2n) is 9.23. The van der Waals surface area contributed by atoms with Crippen molar-refractivity contribution in [2.24, 2.45) is 0 Å². The quantitative estimate of drug-likeness (QED) is 0.108. The van der Waals surface area contributed by atoms with Crippen molar-refractivity contribution in [3.63, 3.8) is 0 Å². The first-order valence-electron chi connectivity index (χ1n) is 11.4. The van der Waals surface area contributed by atoms with Gasteiger partial charge in [0.2, 0.25) is 0 Å². The Kier molecular flexibility index (Phi) is 7.06. The van der Waals surface area contributed by atoms with Crippen LogP contribution in [0.2, 0.25) is 0 Å². The van der Waals surface area contributed by atoms with Gasteiger partial charge in [-0.15, -0.1) is 0 Å². The first-order valence-corrected chi connectivity index (χ1v) is 11.4. The van der Waals surface area contributed by atoms with Crippen molar-refractivity contribution >= 4 is 38.3 Å². The molecule has 0 N–H and O–H groups in total. The largest absolute Gasteiger partial charge is 0.465 e. The summed E-state index contributed by atoms with van der Waals surface area (Å²) >= 11 is 0. The summed E-state index contributed by atoms with van der Waals surface area (Å²) in [7, 11) is 0. The maximum Gasteiger partial charge on any atom is 0.460 e. The second kappa shape index (κ2) is 9.51. The number of carbonyl (C=O) groups is 1. The minimum atomic E-state index is -7.98. The third-order valence-electron chi connectivity index (χ3n) is 6.63. The molecule has 0 spiro atoms. The molecule has 0 bridgehead atoms. The van der Waals surface area contributed by atoms with Gasteiger partial charge in [0.1, 0.15) is 0 Å². The Labute approximate surface area is 221 Å². The molecule has 4 rings (SSSR count). The van der Waals surface area contributed by atoms with Crippen LogP contribution in [0, 0.1) is 0 Å². The van der Waals surface area contributed by atoms with Crippen molar-refractivity contribution in [2.75, 3.05) is 6.61 Å². The lowest BCUT2D eigenvalue weighted by Crippen LogP contribution is -2.70. The molecule has 0 saturated heterocycles. The molecular weight excluding hydrogens is 591 g/mol. The standard InChI is InChI=1S/C26H15F13O2/c27-21(28,22(29,30)23(31,32)24(33,34)25(35,36)26(37,38)39)10-11-41-18(40)12-16-7-6-15-5-4-13-2-1-3-14-8-9-17(16)20(15)19(13)14/h1-9H,10-12H2. The zero-order valence-corrected chi connectivity index (χ0v) is 20.0. The number of alkyl halides is 13. The number of hydrogen-bond donors (Lipinski definition) is 0. The first-order chi connectivity index (χ1) is 18.7. The smallest absolute Gasteiger partial charge is 0.460 e. The summed E-state index contributed by atoms with van der Waals surface area (Å²) in [6, 6.07) is 15.7. The predicted molar refractivity (Wildman–Crippen MR) is 120 cm³/mol. The lowest BCUT2D eigenvalue weighted by atomic mass is 9.91. The van der Waals surface area contributed by atoms with Gasteiger partial charge in [0.15, 0.2) is 0 Å². The Balaban J connectivity index is 1.50. The van der Waals surface area contributed by atoms with Crippen molar-refractivity contribution < 1.29 is 66.6 Å². The monoisotopic (exact) mass is 606 g/mol. The topological polar surface area (TPSA) is 26.3 Å². The van der Waals surface area contributed by atoms with E-state index in [1.165, 1.54) is 6.07 Å². The molecule has 222 valence electrons. The number of hydrogen-bond acceptors (Lipinski definition) is 2. The van der Waals surface area contributed by atoms with Crippen LogP contribution in [0.5, 0.6) is 0 Å². The average molecular weight is 606 g/mol. The van der Waals surface area contributed by atoms with Crippen LogP contribution in [-0.2, 0) is 16.0 Å². The fourth-order valence-electron chi connectivity index (χ4n) is 4.41. The first kappa shape index (κ1) is 30.4. The van der Waals surface area contributed by atoms with E-state index in [4.69, 9.17) is 0 Å². The number of carbonyl (C=O) groups excluding carboxylic acids is 1. The van der Waals surface area contributed by atoms with Gasteiger partial charge < -0.3 is 4.74 Å². The molecule has 0 amide bonds. The number of esters is 1. The Morgan fingerprint density at radius 2 is 1.07 bits per heavy atom. The molecule has 0 aliphatic carbocycles. The van der Waals surface area contributed by atoms with Crippen LogP contribution >= 0.6 is 0 Å². The molecular formula is C26H15F13O2. The fraction of sp³-hybridized carbons (Fsp3) is 0.346. The average Bonchev–Trinajstić information content (AvgIpc) is 2.87. The number of benzene rings is 4. The summed E-state index contributed by atoms with van der Waals surface area (Å²) in [6.45, 7) is -1.79. The van der Waals surface area contributed by atoms with Crippen LogP contribution in [0.3, 0.4) is 0 Å². The highest BCUT2D eigenvalue weighted by Gasteiger charge is 2.90. The Bertz CT molecular complexity index is 1580. The molecule has 41 heavy (non-hydrogen) atoms. The molecule has 2 nitrogen and oxygen atoms in total. The molecule has 4 aromatic rings. The molecule has 0 fully saturated rings. The third kappa shape index (κ3) is 4.56. The van der Waals surface area contributed by atoms with E-state index in [2.05, 4.69) is 4.74 Å². The van der Waals surface area contributed by atoms with E-state index in [0.29, 0.717) is 10.9 Å². The number of rotatable bonds is 9. The van der Waals surface area contributed by atoms with Crippen LogP contribution in [0.4, 0.5) is 57.1 Å². The van der Waals surface area contributed by atoms with Crippen molar-refractivity contribution in [1.82, 2.24) is 0 Å². The van der Waals surface area contributed by atoms with Crippen LogP contribution in [0.15, 0.2) is 54.6 Å². The summed E-state index contributed by atoms with van der Waals surface area (Å²) in [4.78, 5) is 12.3. The van der Waals surface area contributed by atoms with E-state index in [1.807, 2.05) is 24.3 Å². The highest BCUT2D eigenvalue weighted by atomic mass is 19.4. The van der Waals surface area contributed by atoms with Crippen molar-refractivity contribution in [3.8, 4) is 0 Å². The third-order valence-corrected chi connectivity index (χ3v) is 6.63. The summed E-state index contributed by atoms with van der Waals surface area (Å²) < 4.78 is 176. The summed E-state index contributed by atoms with van der Waals surface area (Å²) in [5, 5.41) is 4.60. The maximum atomic E-state index is 13.9. The molecule has 0 aliphatic rings. The zero-order valence-electron chi connectivity index (χ0n) is 20.0. The SMILES string of the molecule is O=C(Cc1ccc2ccc3cccc4ccc1c2c34)OCCC(F)(F)C(F)(F)C(F)(F)C(F)(F)C(F)(F)C(F)(F)F. The van der Waals surface area contributed by atoms with E-state index in [-0.39, 0.29) is 0 Å². The van der Waals surface area contributed by atoms with E-state index in [1.54, 1.807) is 24.3 Å². The lowest BCUT2D eigenvalue weighted by Gasteiger charge is -2.39. The molecule has 15 heteroatoms. The van der Waals surface area contributed by atoms with Gasteiger partial charge in [0, 0.05) is 0 Å². The van der Waals surface area contributed by atoms with E-state index in [9.17, 15) is 61.9 Å². The normalized spacial score (nSPS) is 14.4. The van der Waals surface area contributed by atoms with Gasteiger partial charge in [-0.1, -0.05) is 54.6 Å². The van der Waals surface area contributed by atoms with Gasteiger partial charge >= 0.3 is 41.8 Å². The molecule has 0 aromatic heterocycles. The highest BCUT2D eigenvalue weighted by Crippen LogP contribution is 2.60. The molecule has 0 radical (unpaired) electrons. The van der Waals surface area contributed by atoms with Gasteiger partial charge in [-0.25, -0.2) is 0 Å². The van der Waals surface area contributed by atoms with Gasteiger partial charge in [-0.2, -0.15) is 57.1 Å². The summed E-state index contributed by atoms with van der Waals surface area (Å²) in [5.41, 5.74) is 0.290.